The van der Waals surface area contributed by atoms with Crippen molar-refractivity contribution < 1.29 is 29.0 Å². The lowest BCUT2D eigenvalue weighted by molar-refractivity contribution is -0.156. The van der Waals surface area contributed by atoms with Gasteiger partial charge in [0.1, 0.15) is 11.6 Å². The number of nitrogens with zero attached hydrogens (tertiary/aromatic N) is 2. The van der Waals surface area contributed by atoms with Crippen molar-refractivity contribution in [2.24, 2.45) is 17.8 Å². The molecular weight excluding hydrogens is 600 g/mol. The number of esters is 1. The number of alkyl halides is 1. The Morgan fingerprint density at radius 1 is 1.24 bits per heavy atom. The Kier molecular flexibility index (Phi) is 8.92. The number of aliphatic hydroxyl groups excluding tert-OH is 1. The fourth-order valence-corrected chi connectivity index (χ4v) is 8.01. The topological polar surface area (TPSA) is 96.4 Å². The molecule has 3 fully saturated rings. The van der Waals surface area contributed by atoms with E-state index in [1.807, 2.05) is 56.3 Å². The lowest BCUT2D eigenvalue weighted by Gasteiger charge is -2.41. The van der Waals surface area contributed by atoms with Crippen LogP contribution >= 0.6 is 15.9 Å². The van der Waals surface area contributed by atoms with Crippen LogP contribution in [0, 0.1) is 17.8 Å². The molecule has 8 atom stereocenters. The van der Waals surface area contributed by atoms with Crippen LogP contribution in [0.1, 0.15) is 33.1 Å². The molecule has 224 valence electrons. The maximum atomic E-state index is 14.9. The van der Waals surface area contributed by atoms with Gasteiger partial charge in [0.05, 0.1) is 37.2 Å². The summed E-state index contributed by atoms with van der Waals surface area (Å²) in [7, 11) is 0. The fraction of sp³-hybridized carbons (Fsp3) is 0.485. The second kappa shape index (κ2) is 12.3. The third-order valence-electron chi connectivity index (χ3n) is 9.27. The summed E-state index contributed by atoms with van der Waals surface area (Å²) in [5.74, 6) is -3.07. The van der Waals surface area contributed by atoms with Crippen molar-refractivity contribution in [1.82, 2.24) is 4.90 Å². The molecule has 2 aromatic carbocycles. The Hall–Kier alpha value is -3.01. The molecule has 2 aromatic rings. The lowest BCUT2D eigenvalue weighted by atomic mass is 9.70. The lowest BCUT2D eigenvalue weighted by Crippen LogP contribution is -2.60. The summed E-state index contributed by atoms with van der Waals surface area (Å²) in [4.78, 5) is 45.7. The van der Waals surface area contributed by atoms with Gasteiger partial charge in [0.25, 0.3) is 5.91 Å². The average Bonchev–Trinajstić information content (AvgIpc) is 3.59. The monoisotopic (exact) mass is 638 g/mol. The number of benzene rings is 2. The zero-order valence-electron chi connectivity index (χ0n) is 24.2. The Labute approximate surface area is 255 Å². The van der Waals surface area contributed by atoms with Gasteiger partial charge in [0, 0.05) is 17.1 Å². The smallest absolute Gasteiger partial charge is 0.312 e. The molecule has 3 unspecified atom stereocenters. The number of carbonyl (C=O) groups is 3. The minimum absolute atomic E-state index is 0.104. The van der Waals surface area contributed by atoms with Gasteiger partial charge in [-0.25, -0.2) is 0 Å². The number of halogens is 1. The Bertz CT molecular complexity index is 1380. The quantitative estimate of drug-likeness (QED) is 0.158. The number of hydrogen-bond donors (Lipinski definition) is 1. The van der Waals surface area contributed by atoms with Gasteiger partial charge >= 0.3 is 5.97 Å². The van der Waals surface area contributed by atoms with E-state index in [-0.39, 0.29) is 42.3 Å². The number of fused-ring (bicyclic) bond motifs is 2. The van der Waals surface area contributed by atoms with E-state index < -0.39 is 41.6 Å². The second-order valence-corrected chi connectivity index (χ2v) is 12.7. The maximum absolute atomic E-state index is 14.9. The van der Waals surface area contributed by atoms with Crippen LogP contribution in [0.5, 0.6) is 0 Å². The highest BCUT2D eigenvalue weighted by molar-refractivity contribution is 9.09. The number of rotatable bonds is 12. The molecule has 0 saturated carbocycles. The minimum Gasteiger partial charge on any atom is -0.465 e. The summed E-state index contributed by atoms with van der Waals surface area (Å²) >= 11 is 3.70. The number of hydrogen-bond acceptors (Lipinski definition) is 6. The highest BCUT2D eigenvalue weighted by Crippen LogP contribution is 2.61. The predicted molar refractivity (Wildman–Crippen MR) is 165 cm³/mol. The second-order valence-electron chi connectivity index (χ2n) is 11.6. The zero-order chi connectivity index (χ0) is 30.2. The van der Waals surface area contributed by atoms with E-state index in [9.17, 15) is 19.5 Å². The van der Waals surface area contributed by atoms with E-state index in [0.717, 1.165) is 10.8 Å². The number of likely N-dealkylation sites (tertiary alicyclic amines) is 1. The number of carbonyl (C=O) groups excluding carboxylic acids is 3. The van der Waals surface area contributed by atoms with Crippen molar-refractivity contribution in [1.29, 1.82) is 0 Å². The van der Waals surface area contributed by atoms with Crippen LogP contribution < -0.4 is 4.90 Å². The highest BCUT2D eigenvalue weighted by Gasteiger charge is 2.77. The van der Waals surface area contributed by atoms with Crippen molar-refractivity contribution >= 4 is 50.2 Å². The summed E-state index contributed by atoms with van der Waals surface area (Å²) in [5.41, 5.74) is -0.593. The Morgan fingerprint density at radius 2 is 1.98 bits per heavy atom. The van der Waals surface area contributed by atoms with Crippen molar-refractivity contribution in [3.05, 3.63) is 67.8 Å². The van der Waals surface area contributed by atoms with Gasteiger partial charge in [-0.15, -0.1) is 13.2 Å². The largest absolute Gasteiger partial charge is 0.465 e. The van der Waals surface area contributed by atoms with Crippen LogP contribution in [0.2, 0.25) is 0 Å². The molecule has 42 heavy (non-hydrogen) atoms. The summed E-state index contributed by atoms with van der Waals surface area (Å²) in [6, 6.07) is 12.0. The normalized spacial score (nSPS) is 29.3. The first-order valence-corrected chi connectivity index (χ1v) is 15.6. The fourth-order valence-electron chi connectivity index (χ4n) is 7.07. The molecule has 3 aliphatic rings. The van der Waals surface area contributed by atoms with Crippen LogP contribution in [0.15, 0.2) is 67.8 Å². The van der Waals surface area contributed by atoms with Crippen LogP contribution in [0.4, 0.5) is 5.69 Å². The maximum Gasteiger partial charge on any atom is 0.312 e. The van der Waals surface area contributed by atoms with Gasteiger partial charge in [0.2, 0.25) is 5.91 Å². The molecule has 5 rings (SSSR count). The number of amides is 2. The molecular formula is C33H39BrN2O6. The molecule has 2 amide bonds. The Balaban J connectivity index is 1.61. The molecule has 3 saturated heterocycles. The third-order valence-corrected chi connectivity index (χ3v) is 10.1. The van der Waals surface area contributed by atoms with Gasteiger partial charge in [-0.3, -0.25) is 14.4 Å². The number of ether oxygens (including phenoxy) is 2. The van der Waals surface area contributed by atoms with Crippen LogP contribution in [-0.2, 0) is 23.9 Å². The Morgan fingerprint density at radius 3 is 2.64 bits per heavy atom. The molecule has 0 aromatic heterocycles. The summed E-state index contributed by atoms with van der Waals surface area (Å²) in [6.45, 7) is 11.6. The van der Waals surface area contributed by atoms with E-state index in [2.05, 4.69) is 29.1 Å². The number of anilines is 1. The van der Waals surface area contributed by atoms with Crippen LogP contribution in [-0.4, -0.2) is 76.2 Å². The van der Waals surface area contributed by atoms with Gasteiger partial charge in [-0.05, 0) is 41.7 Å². The van der Waals surface area contributed by atoms with Gasteiger partial charge in [-0.2, -0.15) is 0 Å². The van der Waals surface area contributed by atoms with Gasteiger partial charge in [0.15, 0.2) is 0 Å². The van der Waals surface area contributed by atoms with Crippen molar-refractivity contribution in [3.63, 3.8) is 0 Å². The predicted octanol–water partition coefficient (Wildman–Crippen LogP) is 4.63. The van der Waals surface area contributed by atoms with E-state index in [1.54, 1.807) is 17.1 Å². The van der Waals surface area contributed by atoms with Gasteiger partial charge < -0.3 is 24.4 Å². The first-order valence-electron chi connectivity index (χ1n) is 14.7. The average molecular weight is 640 g/mol. The molecule has 3 heterocycles. The van der Waals surface area contributed by atoms with Crippen LogP contribution in [0.25, 0.3) is 10.8 Å². The zero-order valence-corrected chi connectivity index (χ0v) is 25.7. The highest BCUT2D eigenvalue weighted by atomic mass is 79.9. The van der Waals surface area contributed by atoms with Crippen LogP contribution in [0.3, 0.4) is 0 Å². The molecule has 9 heteroatoms. The molecule has 1 N–H and O–H groups in total. The van der Waals surface area contributed by atoms with Crippen molar-refractivity contribution in [3.8, 4) is 0 Å². The molecule has 8 nitrogen and oxygen atoms in total. The molecule has 0 radical (unpaired) electrons. The van der Waals surface area contributed by atoms with E-state index in [1.165, 1.54) is 4.90 Å². The van der Waals surface area contributed by atoms with Crippen molar-refractivity contribution in [2.75, 3.05) is 24.7 Å². The number of aliphatic hydroxyl groups is 1. The van der Waals surface area contributed by atoms with E-state index in [0.29, 0.717) is 24.9 Å². The first-order chi connectivity index (χ1) is 20.2. The summed E-state index contributed by atoms with van der Waals surface area (Å²) in [5, 5.41) is 12.6. The molecule has 0 aliphatic carbocycles. The first kappa shape index (κ1) is 30.4. The van der Waals surface area contributed by atoms with Crippen molar-refractivity contribution in [2.45, 2.75) is 61.7 Å². The SMILES string of the molecule is C=CCCOC(=O)[C@H]1[C@H]2C(=O)N([C@@H](CO)[C@@H](C)CC)C(C(=O)N(CC=C)c3ccc4ccccc4c3)C23CC(Br)[C@@H]1O3. The third kappa shape index (κ3) is 4.89. The van der Waals surface area contributed by atoms with E-state index in [4.69, 9.17) is 9.47 Å². The molecule has 3 aliphatic heterocycles. The molecule has 1 spiro atoms. The standard InChI is InChI=1S/C33H39BrN2O6/c1-5-8-16-41-32(40)26-27-30(38)36(25(19-37)20(4)7-3)29(33(27)18-24(34)28(26)42-33)31(39)35(15-6-2)23-14-13-21-11-9-10-12-22(21)17-23/h5-6,9-14,17,20,24-29,37H,1-2,7-8,15-16,18-19H2,3-4H3/t20-,24?,25-,26-,27-,28-,29?,33?/m0/s1. The summed E-state index contributed by atoms with van der Waals surface area (Å²) in [6.07, 6.45) is 4.25. The summed E-state index contributed by atoms with van der Waals surface area (Å²) < 4.78 is 12.2. The van der Waals surface area contributed by atoms with Gasteiger partial charge in [-0.1, -0.05) is 78.7 Å². The van der Waals surface area contributed by atoms with E-state index >= 15 is 0 Å². The minimum atomic E-state index is -1.26. The molecule has 2 bridgehead atoms.